The maximum Gasteiger partial charge on any atom is 0.410 e. The summed E-state index contributed by atoms with van der Waals surface area (Å²) in [5.41, 5.74) is -0.0721. The Bertz CT molecular complexity index is 843. The second-order valence-electron chi connectivity index (χ2n) is 7.27. The smallest absolute Gasteiger partial charge is 0.410 e. The van der Waals surface area contributed by atoms with Crippen molar-refractivity contribution in [2.24, 2.45) is 0 Å². The minimum Gasteiger partial charge on any atom is -0.444 e. The summed E-state index contributed by atoms with van der Waals surface area (Å²) >= 11 is 1.37. The molecule has 1 N–H and O–H groups in total. The Morgan fingerprint density at radius 1 is 1.41 bits per heavy atom. The summed E-state index contributed by atoms with van der Waals surface area (Å²) in [5.74, 6) is -0.753. The molecular weight excluding hydrogens is 371 g/mol. The lowest BCUT2D eigenvalue weighted by Crippen LogP contribution is -2.50. The second-order valence-corrected chi connectivity index (χ2v) is 8.16. The highest BCUT2D eigenvalue weighted by Crippen LogP contribution is 2.30. The summed E-state index contributed by atoms with van der Waals surface area (Å²) in [6.45, 7) is 6.50. The van der Waals surface area contributed by atoms with Crippen LogP contribution in [0, 0.1) is 5.82 Å². The SMILES string of the molecule is CC(C)(C)OC(=O)N1CC(c2nc(C(=O)NCc3ncccc3F)cs2)C1. The van der Waals surface area contributed by atoms with E-state index in [1.807, 2.05) is 20.8 Å². The van der Waals surface area contributed by atoms with Crippen LogP contribution in [0.2, 0.25) is 0 Å². The Kier molecular flexibility index (Phi) is 5.41. The molecule has 144 valence electrons. The van der Waals surface area contributed by atoms with E-state index in [1.165, 1.54) is 29.7 Å². The molecule has 0 saturated carbocycles. The van der Waals surface area contributed by atoms with Crippen molar-refractivity contribution in [2.75, 3.05) is 13.1 Å². The first-order valence-corrected chi connectivity index (χ1v) is 9.42. The average molecular weight is 392 g/mol. The van der Waals surface area contributed by atoms with Crippen molar-refractivity contribution in [3.63, 3.8) is 0 Å². The van der Waals surface area contributed by atoms with Gasteiger partial charge in [0.1, 0.15) is 22.1 Å². The molecule has 7 nitrogen and oxygen atoms in total. The number of pyridine rings is 1. The molecule has 1 saturated heterocycles. The fraction of sp³-hybridized carbons (Fsp3) is 0.444. The van der Waals surface area contributed by atoms with Gasteiger partial charge in [0.15, 0.2) is 0 Å². The molecule has 1 fully saturated rings. The van der Waals surface area contributed by atoms with Gasteiger partial charge in [-0.3, -0.25) is 9.78 Å². The van der Waals surface area contributed by atoms with Gasteiger partial charge in [0.05, 0.1) is 12.2 Å². The number of thiazole rings is 1. The number of likely N-dealkylation sites (tertiary alicyclic amines) is 1. The van der Waals surface area contributed by atoms with Crippen LogP contribution in [0.4, 0.5) is 9.18 Å². The standard InChI is InChI=1S/C18H21FN4O3S/c1-18(2,3)26-17(25)23-8-11(9-23)16-22-14(10-27-16)15(24)21-7-13-12(19)5-4-6-20-13/h4-6,10-11H,7-9H2,1-3H3,(H,21,24). The summed E-state index contributed by atoms with van der Waals surface area (Å²) in [5, 5.41) is 5.07. The number of carbonyl (C=O) groups is 2. The lowest BCUT2D eigenvalue weighted by atomic mass is 10.0. The molecule has 0 unspecified atom stereocenters. The van der Waals surface area contributed by atoms with Crippen LogP contribution in [0.25, 0.3) is 0 Å². The third-order valence-corrected chi connectivity index (χ3v) is 4.90. The first-order valence-electron chi connectivity index (χ1n) is 8.54. The Morgan fingerprint density at radius 2 is 2.15 bits per heavy atom. The van der Waals surface area contributed by atoms with Gasteiger partial charge in [0.2, 0.25) is 0 Å². The molecule has 1 aliphatic rings. The van der Waals surface area contributed by atoms with Crippen molar-refractivity contribution < 1.29 is 18.7 Å². The monoisotopic (exact) mass is 392 g/mol. The van der Waals surface area contributed by atoms with E-state index < -0.39 is 11.4 Å². The molecule has 2 amide bonds. The number of ether oxygens (including phenoxy) is 1. The van der Waals surface area contributed by atoms with E-state index in [4.69, 9.17) is 4.74 Å². The van der Waals surface area contributed by atoms with E-state index in [1.54, 1.807) is 10.3 Å². The van der Waals surface area contributed by atoms with Gasteiger partial charge in [0, 0.05) is 30.6 Å². The lowest BCUT2D eigenvalue weighted by Gasteiger charge is -2.38. The quantitative estimate of drug-likeness (QED) is 0.865. The number of halogens is 1. The summed E-state index contributed by atoms with van der Waals surface area (Å²) < 4.78 is 18.9. The van der Waals surface area contributed by atoms with Crippen LogP contribution in [0.1, 0.15) is 47.9 Å². The molecule has 0 bridgehead atoms. The molecule has 1 aliphatic heterocycles. The van der Waals surface area contributed by atoms with E-state index in [0.717, 1.165) is 5.01 Å². The van der Waals surface area contributed by atoms with E-state index in [0.29, 0.717) is 13.1 Å². The first-order chi connectivity index (χ1) is 12.7. The van der Waals surface area contributed by atoms with Gasteiger partial charge in [-0.05, 0) is 32.9 Å². The highest BCUT2D eigenvalue weighted by Gasteiger charge is 2.36. The zero-order valence-electron chi connectivity index (χ0n) is 15.4. The maximum atomic E-state index is 13.5. The Morgan fingerprint density at radius 3 is 2.81 bits per heavy atom. The molecule has 0 atom stereocenters. The molecule has 0 aromatic carbocycles. The van der Waals surface area contributed by atoms with Crippen LogP contribution < -0.4 is 5.32 Å². The zero-order valence-corrected chi connectivity index (χ0v) is 16.2. The van der Waals surface area contributed by atoms with Crippen LogP contribution in [-0.4, -0.2) is 45.6 Å². The van der Waals surface area contributed by atoms with Gasteiger partial charge in [-0.15, -0.1) is 11.3 Å². The molecule has 2 aromatic heterocycles. The fourth-order valence-corrected chi connectivity index (χ4v) is 3.38. The van der Waals surface area contributed by atoms with Crippen LogP contribution in [-0.2, 0) is 11.3 Å². The Hall–Kier alpha value is -2.55. The van der Waals surface area contributed by atoms with Crippen molar-refractivity contribution in [3.05, 3.63) is 45.9 Å². The number of aromatic nitrogens is 2. The highest BCUT2D eigenvalue weighted by atomic mass is 32.1. The molecule has 3 rings (SSSR count). The molecule has 2 aromatic rings. The normalized spacial score (nSPS) is 14.6. The summed E-state index contributed by atoms with van der Waals surface area (Å²) in [4.78, 5) is 34.0. The van der Waals surface area contributed by atoms with Gasteiger partial charge >= 0.3 is 6.09 Å². The van der Waals surface area contributed by atoms with E-state index in [2.05, 4.69) is 15.3 Å². The second kappa shape index (κ2) is 7.59. The van der Waals surface area contributed by atoms with Gasteiger partial charge in [-0.25, -0.2) is 14.2 Å². The van der Waals surface area contributed by atoms with Gasteiger partial charge in [-0.1, -0.05) is 0 Å². The van der Waals surface area contributed by atoms with Crippen LogP contribution in [0.15, 0.2) is 23.7 Å². The number of nitrogens with one attached hydrogen (secondary N) is 1. The predicted molar refractivity (Wildman–Crippen MR) is 98.0 cm³/mol. The third kappa shape index (κ3) is 4.79. The van der Waals surface area contributed by atoms with E-state index >= 15 is 0 Å². The van der Waals surface area contributed by atoms with Crippen LogP contribution >= 0.6 is 11.3 Å². The first kappa shape index (κ1) is 19.2. The average Bonchev–Trinajstić information content (AvgIpc) is 3.00. The van der Waals surface area contributed by atoms with Crippen molar-refractivity contribution >= 4 is 23.3 Å². The topological polar surface area (TPSA) is 84.4 Å². The number of rotatable bonds is 4. The minimum absolute atomic E-state index is 0.00574. The maximum absolute atomic E-state index is 13.5. The van der Waals surface area contributed by atoms with Crippen LogP contribution in [0.5, 0.6) is 0 Å². The van der Waals surface area contributed by atoms with E-state index in [9.17, 15) is 14.0 Å². The molecular formula is C18H21FN4O3S. The van der Waals surface area contributed by atoms with Crippen molar-refractivity contribution in [1.82, 2.24) is 20.2 Å². The Balaban J connectivity index is 1.51. The summed E-state index contributed by atoms with van der Waals surface area (Å²) in [6.07, 6.45) is 1.13. The number of amides is 2. The van der Waals surface area contributed by atoms with Crippen molar-refractivity contribution in [1.29, 1.82) is 0 Å². The molecule has 3 heterocycles. The third-order valence-electron chi connectivity index (χ3n) is 3.89. The minimum atomic E-state index is -0.526. The highest BCUT2D eigenvalue weighted by molar-refractivity contribution is 7.10. The molecule has 0 radical (unpaired) electrons. The number of hydrogen-bond acceptors (Lipinski definition) is 6. The van der Waals surface area contributed by atoms with Crippen molar-refractivity contribution in [2.45, 2.75) is 38.8 Å². The van der Waals surface area contributed by atoms with Gasteiger partial charge in [0.25, 0.3) is 5.91 Å². The fourth-order valence-electron chi connectivity index (χ4n) is 2.49. The number of hydrogen-bond donors (Lipinski definition) is 1. The number of carbonyl (C=O) groups excluding carboxylic acids is 2. The largest absolute Gasteiger partial charge is 0.444 e. The van der Waals surface area contributed by atoms with Crippen LogP contribution in [0.3, 0.4) is 0 Å². The molecule has 0 aliphatic carbocycles. The molecule has 0 spiro atoms. The van der Waals surface area contributed by atoms with Crippen molar-refractivity contribution in [3.8, 4) is 0 Å². The molecule has 27 heavy (non-hydrogen) atoms. The van der Waals surface area contributed by atoms with E-state index in [-0.39, 0.29) is 35.9 Å². The van der Waals surface area contributed by atoms with Gasteiger partial charge in [-0.2, -0.15) is 0 Å². The zero-order chi connectivity index (χ0) is 19.6. The van der Waals surface area contributed by atoms with Gasteiger partial charge < -0.3 is 15.0 Å². The summed E-state index contributed by atoms with van der Waals surface area (Å²) in [7, 11) is 0. The predicted octanol–water partition coefficient (Wildman–Crippen LogP) is 2.94. The summed E-state index contributed by atoms with van der Waals surface area (Å²) in [6, 6.07) is 2.79. The lowest BCUT2D eigenvalue weighted by molar-refractivity contribution is 0.00815. The Labute approximate surface area is 160 Å². The molecule has 9 heteroatoms. The number of nitrogens with zero attached hydrogens (tertiary/aromatic N) is 3.